The molecule has 1 saturated heterocycles. The van der Waals surface area contributed by atoms with Crippen LogP contribution in [0.5, 0.6) is 0 Å². The SMILES string of the molecule is OC[C@H]1O/C(=N\Nc2ccc(Cl)nn2)[C@H](O)[C@@H]1O. The number of hydrogen-bond donors (Lipinski definition) is 4. The van der Waals surface area contributed by atoms with Gasteiger partial charge in [-0.15, -0.1) is 15.3 Å². The first-order chi connectivity index (χ1) is 8.61. The smallest absolute Gasteiger partial charge is 0.238 e. The maximum absolute atomic E-state index is 9.57. The molecule has 0 aromatic carbocycles. The molecule has 0 unspecified atom stereocenters. The minimum absolute atomic E-state index is 0.127. The molecular weight excluding hydrogens is 264 g/mol. The normalized spacial score (nSPS) is 29.3. The van der Waals surface area contributed by atoms with Gasteiger partial charge in [0, 0.05) is 0 Å². The van der Waals surface area contributed by atoms with Crippen LogP contribution >= 0.6 is 11.6 Å². The number of halogens is 1. The van der Waals surface area contributed by atoms with Crippen LogP contribution < -0.4 is 5.43 Å². The van der Waals surface area contributed by atoms with Gasteiger partial charge in [0.25, 0.3) is 0 Å². The molecule has 0 aliphatic carbocycles. The molecule has 9 heteroatoms. The molecule has 1 aliphatic rings. The molecule has 0 bridgehead atoms. The van der Waals surface area contributed by atoms with E-state index in [2.05, 4.69) is 20.7 Å². The Morgan fingerprint density at radius 1 is 1.39 bits per heavy atom. The number of aliphatic hydroxyl groups excluding tert-OH is 3. The minimum atomic E-state index is -1.30. The summed E-state index contributed by atoms with van der Waals surface area (Å²) in [6.45, 7) is -0.419. The van der Waals surface area contributed by atoms with Gasteiger partial charge in [0.05, 0.1) is 6.61 Å². The Balaban J connectivity index is 2.04. The van der Waals surface area contributed by atoms with Gasteiger partial charge >= 0.3 is 0 Å². The number of hydrogen-bond acceptors (Lipinski definition) is 8. The van der Waals surface area contributed by atoms with Crippen LogP contribution in [-0.4, -0.2) is 56.3 Å². The molecule has 1 aromatic heterocycles. The summed E-state index contributed by atoms with van der Waals surface area (Å²) in [6, 6.07) is 3.04. The van der Waals surface area contributed by atoms with Gasteiger partial charge in [-0.3, -0.25) is 5.43 Å². The zero-order valence-electron chi connectivity index (χ0n) is 9.06. The number of nitrogens with one attached hydrogen (secondary N) is 1. The third kappa shape index (κ3) is 2.67. The Hall–Kier alpha value is -1.48. The molecule has 0 amide bonds. The fraction of sp³-hybridized carbons (Fsp3) is 0.444. The molecule has 1 aromatic rings. The van der Waals surface area contributed by atoms with E-state index in [1.807, 2.05) is 0 Å². The maximum Gasteiger partial charge on any atom is 0.238 e. The Labute approximate surface area is 107 Å². The fourth-order valence-electron chi connectivity index (χ4n) is 1.37. The molecule has 8 nitrogen and oxygen atoms in total. The van der Waals surface area contributed by atoms with Crippen molar-refractivity contribution in [3.63, 3.8) is 0 Å². The van der Waals surface area contributed by atoms with Crippen molar-refractivity contribution in [1.29, 1.82) is 0 Å². The molecule has 98 valence electrons. The van der Waals surface area contributed by atoms with E-state index in [-0.39, 0.29) is 11.1 Å². The highest BCUT2D eigenvalue weighted by Gasteiger charge is 2.40. The van der Waals surface area contributed by atoms with Crippen LogP contribution in [0.2, 0.25) is 5.15 Å². The summed E-state index contributed by atoms with van der Waals surface area (Å²) in [7, 11) is 0. The predicted octanol–water partition coefficient (Wildman–Crippen LogP) is -1.03. The number of hydrazone groups is 1. The average molecular weight is 275 g/mol. The fourth-order valence-corrected chi connectivity index (χ4v) is 1.47. The van der Waals surface area contributed by atoms with Gasteiger partial charge in [-0.25, -0.2) is 0 Å². The zero-order chi connectivity index (χ0) is 13.1. The highest BCUT2D eigenvalue weighted by atomic mass is 35.5. The highest BCUT2D eigenvalue weighted by molar-refractivity contribution is 6.29. The first-order valence-corrected chi connectivity index (χ1v) is 5.46. The largest absolute Gasteiger partial charge is 0.469 e. The van der Waals surface area contributed by atoms with E-state index in [4.69, 9.17) is 21.4 Å². The second-order valence-electron chi connectivity index (χ2n) is 3.58. The summed E-state index contributed by atoms with van der Waals surface area (Å²) < 4.78 is 5.04. The maximum atomic E-state index is 9.57. The van der Waals surface area contributed by atoms with Gasteiger partial charge in [-0.2, -0.15) is 0 Å². The van der Waals surface area contributed by atoms with Crippen molar-refractivity contribution in [2.45, 2.75) is 18.3 Å². The number of ether oxygens (including phenoxy) is 1. The number of aliphatic hydroxyl groups is 3. The van der Waals surface area contributed by atoms with Crippen LogP contribution in [0.1, 0.15) is 0 Å². The van der Waals surface area contributed by atoms with Crippen LogP contribution in [0.4, 0.5) is 5.82 Å². The summed E-state index contributed by atoms with van der Waals surface area (Å²) in [5, 5.41) is 39.1. The molecule has 18 heavy (non-hydrogen) atoms. The first-order valence-electron chi connectivity index (χ1n) is 5.08. The summed E-state index contributed by atoms with van der Waals surface area (Å²) in [6.07, 6.45) is -3.40. The van der Waals surface area contributed by atoms with Crippen LogP contribution in [0, 0.1) is 0 Å². The minimum Gasteiger partial charge on any atom is -0.469 e. The zero-order valence-corrected chi connectivity index (χ0v) is 9.82. The molecule has 2 rings (SSSR count). The molecule has 0 saturated carbocycles. The Morgan fingerprint density at radius 3 is 2.72 bits per heavy atom. The molecule has 1 aliphatic heterocycles. The van der Waals surface area contributed by atoms with E-state index in [0.29, 0.717) is 5.82 Å². The third-order valence-corrected chi connectivity index (χ3v) is 2.52. The summed E-state index contributed by atoms with van der Waals surface area (Å²) in [4.78, 5) is 0. The number of rotatable bonds is 3. The van der Waals surface area contributed by atoms with Crippen molar-refractivity contribution < 1.29 is 20.1 Å². The van der Waals surface area contributed by atoms with E-state index in [0.717, 1.165) is 0 Å². The van der Waals surface area contributed by atoms with Crippen molar-refractivity contribution >= 4 is 23.3 Å². The Kier molecular flexibility index (Phi) is 3.92. The van der Waals surface area contributed by atoms with Gasteiger partial charge in [0.2, 0.25) is 5.90 Å². The lowest BCUT2D eigenvalue weighted by molar-refractivity contribution is -0.00132. The van der Waals surface area contributed by atoms with Crippen molar-refractivity contribution in [2.75, 3.05) is 12.0 Å². The summed E-state index contributed by atoms with van der Waals surface area (Å²) in [5.74, 6) is 0.169. The molecular formula is C9H11ClN4O4. The van der Waals surface area contributed by atoms with Crippen LogP contribution in [0.15, 0.2) is 17.2 Å². The monoisotopic (exact) mass is 274 g/mol. The summed E-state index contributed by atoms with van der Waals surface area (Å²) >= 11 is 5.56. The van der Waals surface area contributed by atoms with E-state index < -0.39 is 24.9 Å². The lowest BCUT2D eigenvalue weighted by atomic mass is 10.1. The standard InChI is InChI=1S/C9H11ClN4O4/c10-5-1-2-6(12-11-5)13-14-9-8(17)7(16)4(3-15)18-9/h1-2,4,7-8,15-17H,3H2,(H,12,13)/b14-9-/t4-,7-,8-/m1/s1. The van der Waals surface area contributed by atoms with E-state index in [1.54, 1.807) is 0 Å². The van der Waals surface area contributed by atoms with Crippen LogP contribution in [0.3, 0.4) is 0 Å². The average Bonchev–Trinajstić information content (AvgIpc) is 2.65. The number of anilines is 1. The Bertz CT molecular complexity index is 441. The van der Waals surface area contributed by atoms with Gasteiger partial charge in [-0.05, 0) is 12.1 Å². The molecule has 0 radical (unpaired) electrons. The van der Waals surface area contributed by atoms with Crippen molar-refractivity contribution in [1.82, 2.24) is 10.2 Å². The molecule has 1 fully saturated rings. The molecule has 4 N–H and O–H groups in total. The first kappa shape index (κ1) is 13.0. The van der Waals surface area contributed by atoms with Crippen LogP contribution in [0.25, 0.3) is 0 Å². The van der Waals surface area contributed by atoms with Gasteiger partial charge in [0.15, 0.2) is 23.2 Å². The topological polar surface area (TPSA) is 120 Å². The number of nitrogens with zero attached hydrogens (tertiary/aromatic N) is 3. The van der Waals surface area contributed by atoms with E-state index >= 15 is 0 Å². The highest BCUT2D eigenvalue weighted by Crippen LogP contribution is 2.17. The molecule has 2 heterocycles. The van der Waals surface area contributed by atoms with E-state index in [9.17, 15) is 10.2 Å². The summed E-state index contributed by atoms with van der Waals surface area (Å²) in [5.41, 5.74) is 2.49. The van der Waals surface area contributed by atoms with Crippen molar-refractivity contribution in [2.24, 2.45) is 5.10 Å². The molecule has 0 spiro atoms. The van der Waals surface area contributed by atoms with Crippen molar-refractivity contribution in [3.8, 4) is 0 Å². The van der Waals surface area contributed by atoms with E-state index in [1.165, 1.54) is 12.1 Å². The van der Waals surface area contributed by atoms with Crippen molar-refractivity contribution in [3.05, 3.63) is 17.3 Å². The van der Waals surface area contributed by atoms with Gasteiger partial charge in [-0.1, -0.05) is 11.6 Å². The second-order valence-corrected chi connectivity index (χ2v) is 3.96. The predicted molar refractivity (Wildman–Crippen MR) is 62.1 cm³/mol. The quantitative estimate of drug-likeness (QED) is 0.520. The third-order valence-electron chi connectivity index (χ3n) is 2.32. The Morgan fingerprint density at radius 2 is 2.17 bits per heavy atom. The second kappa shape index (κ2) is 5.44. The lowest BCUT2D eigenvalue weighted by Gasteiger charge is -2.08. The lowest BCUT2D eigenvalue weighted by Crippen LogP contribution is -2.32. The van der Waals surface area contributed by atoms with Gasteiger partial charge in [0.1, 0.15) is 6.10 Å². The molecule has 3 atom stereocenters. The van der Waals surface area contributed by atoms with Gasteiger partial charge < -0.3 is 20.1 Å². The van der Waals surface area contributed by atoms with Crippen LogP contribution in [-0.2, 0) is 4.74 Å². The number of aromatic nitrogens is 2.